The summed E-state index contributed by atoms with van der Waals surface area (Å²) < 4.78 is 8.69. The molecule has 1 heterocycles. The molecule has 1 unspecified atom stereocenters. The van der Waals surface area contributed by atoms with Gasteiger partial charge in [-0.25, -0.2) is 4.98 Å². The van der Waals surface area contributed by atoms with Crippen LogP contribution in [0.3, 0.4) is 0 Å². The van der Waals surface area contributed by atoms with Gasteiger partial charge in [0.25, 0.3) is 0 Å². The zero-order chi connectivity index (χ0) is 9.97. The van der Waals surface area contributed by atoms with Crippen LogP contribution in [0.2, 0.25) is 0 Å². The van der Waals surface area contributed by atoms with Gasteiger partial charge in [0, 0.05) is 17.4 Å². The van der Waals surface area contributed by atoms with E-state index < -0.39 is 5.44 Å². The number of fused-ring (bicyclic) bond motifs is 1. The molecule has 0 fully saturated rings. The summed E-state index contributed by atoms with van der Waals surface area (Å²) in [5.74, 6) is 0. The van der Waals surface area contributed by atoms with Crippen LogP contribution in [0.5, 0.6) is 0 Å². The van der Waals surface area contributed by atoms with Crippen molar-refractivity contribution in [3.8, 4) is 0 Å². The first kappa shape index (κ1) is 9.45. The number of rotatable bonds is 2. The molecule has 0 bridgehead atoms. The maximum absolute atomic E-state index is 9.34. The molecule has 0 aliphatic heterocycles. The Balaban J connectivity index is 2.51. The molecule has 2 N–H and O–H groups in total. The van der Waals surface area contributed by atoms with Crippen LogP contribution < -0.4 is 0 Å². The number of para-hydroxylation sites is 1. The molecule has 3 nitrogen and oxygen atoms in total. The molecule has 0 spiro atoms. The van der Waals surface area contributed by atoms with Crippen LogP contribution in [0.4, 0.5) is 0 Å². The van der Waals surface area contributed by atoms with Crippen LogP contribution in [0.15, 0.2) is 36.4 Å². The molecule has 4 heteroatoms. The summed E-state index contributed by atoms with van der Waals surface area (Å²) in [4.78, 5) is 4.22. The molecule has 1 aromatic carbocycles. The standard InChI is InChI=1S/C10H9NO2S/c12-10(14-13)9-6-5-7-3-1-2-4-8(7)11-9/h1-6,10,12-13H. The fraction of sp³-hybridized carbons (Fsp3) is 0.100. The largest absolute Gasteiger partial charge is 0.374 e. The van der Waals surface area contributed by atoms with Crippen molar-refractivity contribution in [1.82, 2.24) is 4.98 Å². The molecule has 2 aromatic rings. The van der Waals surface area contributed by atoms with Crippen molar-refractivity contribution in [3.05, 3.63) is 42.1 Å². The number of aliphatic hydroxyl groups is 1. The number of hydrogen-bond donors (Lipinski definition) is 2. The number of aliphatic hydroxyl groups excluding tert-OH is 1. The van der Waals surface area contributed by atoms with Gasteiger partial charge in [-0.3, -0.25) is 0 Å². The minimum atomic E-state index is -0.973. The first-order valence-corrected chi connectivity index (χ1v) is 4.99. The highest BCUT2D eigenvalue weighted by Crippen LogP contribution is 2.23. The number of nitrogens with zero attached hydrogens (tertiary/aromatic N) is 1. The van der Waals surface area contributed by atoms with Gasteiger partial charge in [0.2, 0.25) is 0 Å². The number of pyridine rings is 1. The van der Waals surface area contributed by atoms with E-state index in [2.05, 4.69) is 4.98 Å². The Kier molecular flexibility index (Phi) is 2.67. The number of benzene rings is 1. The molecule has 0 saturated carbocycles. The molecule has 0 saturated heterocycles. The Morgan fingerprint density at radius 1 is 1.14 bits per heavy atom. The molecule has 14 heavy (non-hydrogen) atoms. The first-order chi connectivity index (χ1) is 6.81. The molecule has 2 rings (SSSR count). The smallest absolute Gasteiger partial charge is 0.167 e. The van der Waals surface area contributed by atoms with Crippen LogP contribution in [-0.4, -0.2) is 14.6 Å². The lowest BCUT2D eigenvalue weighted by Crippen LogP contribution is -1.95. The normalized spacial score (nSPS) is 13.0. The molecule has 1 atom stereocenters. The summed E-state index contributed by atoms with van der Waals surface area (Å²) in [7, 11) is 0. The highest BCUT2D eigenvalue weighted by Gasteiger charge is 2.08. The molecular weight excluding hydrogens is 198 g/mol. The minimum absolute atomic E-state index is 0.379. The van der Waals surface area contributed by atoms with Crippen molar-refractivity contribution in [2.45, 2.75) is 5.44 Å². The van der Waals surface area contributed by atoms with Gasteiger partial charge in [0.05, 0.1) is 11.2 Å². The summed E-state index contributed by atoms with van der Waals surface area (Å²) in [6, 6.07) is 11.2. The summed E-state index contributed by atoms with van der Waals surface area (Å²) in [6.45, 7) is 0. The highest BCUT2D eigenvalue weighted by molar-refractivity contribution is 7.93. The lowest BCUT2D eigenvalue weighted by atomic mass is 10.2. The summed E-state index contributed by atoms with van der Waals surface area (Å²) in [5, 5.41) is 10.4. The van der Waals surface area contributed by atoms with Gasteiger partial charge in [0.1, 0.15) is 0 Å². The van der Waals surface area contributed by atoms with Gasteiger partial charge in [0.15, 0.2) is 5.44 Å². The average Bonchev–Trinajstić information content (AvgIpc) is 2.27. The predicted octanol–water partition coefficient (Wildman–Crippen LogP) is 2.43. The molecule has 0 amide bonds. The summed E-state index contributed by atoms with van der Waals surface area (Å²) >= 11 is 0.379. The Hall–Kier alpha value is -1.10. The van der Waals surface area contributed by atoms with Crippen LogP contribution >= 0.6 is 12.0 Å². The van der Waals surface area contributed by atoms with Gasteiger partial charge >= 0.3 is 0 Å². The SMILES string of the molecule is OSC(O)c1ccc2ccccc2n1. The zero-order valence-corrected chi connectivity index (χ0v) is 8.11. The van der Waals surface area contributed by atoms with E-state index in [0.29, 0.717) is 17.7 Å². The lowest BCUT2D eigenvalue weighted by molar-refractivity contribution is 0.258. The lowest BCUT2D eigenvalue weighted by Gasteiger charge is -2.05. The second-order valence-corrected chi connectivity index (χ2v) is 3.54. The number of hydrogen-bond acceptors (Lipinski definition) is 4. The zero-order valence-electron chi connectivity index (χ0n) is 7.29. The Morgan fingerprint density at radius 2 is 1.93 bits per heavy atom. The fourth-order valence-electron chi connectivity index (χ4n) is 1.27. The molecule has 0 radical (unpaired) electrons. The van der Waals surface area contributed by atoms with Crippen molar-refractivity contribution >= 4 is 22.9 Å². The van der Waals surface area contributed by atoms with E-state index in [1.807, 2.05) is 30.3 Å². The third-order valence-electron chi connectivity index (χ3n) is 1.97. The van der Waals surface area contributed by atoms with Crippen LogP contribution in [0.25, 0.3) is 10.9 Å². The Bertz CT molecular complexity index is 447. The van der Waals surface area contributed by atoms with E-state index in [9.17, 15) is 5.11 Å². The van der Waals surface area contributed by atoms with Crippen molar-refractivity contribution < 1.29 is 9.66 Å². The van der Waals surface area contributed by atoms with Crippen LogP contribution in [0, 0.1) is 0 Å². The second kappa shape index (κ2) is 3.96. The van der Waals surface area contributed by atoms with Gasteiger partial charge in [-0.2, -0.15) is 0 Å². The van der Waals surface area contributed by atoms with E-state index in [-0.39, 0.29) is 0 Å². The molecule has 72 valence electrons. The van der Waals surface area contributed by atoms with Crippen LogP contribution in [-0.2, 0) is 0 Å². The average molecular weight is 207 g/mol. The molecule has 0 aliphatic carbocycles. The van der Waals surface area contributed by atoms with Gasteiger partial charge < -0.3 is 9.66 Å². The van der Waals surface area contributed by atoms with Gasteiger partial charge in [-0.1, -0.05) is 24.3 Å². The maximum atomic E-state index is 9.34. The fourth-order valence-corrected chi connectivity index (χ4v) is 1.51. The highest BCUT2D eigenvalue weighted by atomic mass is 32.2. The second-order valence-electron chi connectivity index (χ2n) is 2.89. The molecular formula is C10H9NO2S. The van der Waals surface area contributed by atoms with E-state index in [1.165, 1.54) is 0 Å². The Labute approximate surface area is 85.6 Å². The van der Waals surface area contributed by atoms with Crippen molar-refractivity contribution in [2.24, 2.45) is 0 Å². The van der Waals surface area contributed by atoms with Crippen molar-refractivity contribution in [1.29, 1.82) is 0 Å². The number of aromatic nitrogens is 1. The van der Waals surface area contributed by atoms with Crippen molar-refractivity contribution in [3.63, 3.8) is 0 Å². The van der Waals surface area contributed by atoms with E-state index >= 15 is 0 Å². The summed E-state index contributed by atoms with van der Waals surface area (Å²) in [5.41, 5.74) is 0.314. The van der Waals surface area contributed by atoms with E-state index in [0.717, 1.165) is 10.9 Å². The summed E-state index contributed by atoms with van der Waals surface area (Å²) in [6.07, 6.45) is 0. The van der Waals surface area contributed by atoms with Gasteiger partial charge in [-0.05, 0) is 12.1 Å². The van der Waals surface area contributed by atoms with E-state index in [4.69, 9.17) is 4.55 Å². The predicted molar refractivity (Wildman–Crippen MR) is 56.9 cm³/mol. The van der Waals surface area contributed by atoms with Crippen molar-refractivity contribution in [2.75, 3.05) is 0 Å². The maximum Gasteiger partial charge on any atom is 0.167 e. The molecule has 1 aromatic heterocycles. The van der Waals surface area contributed by atoms with Gasteiger partial charge in [-0.15, -0.1) is 0 Å². The third-order valence-corrected chi connectivity index (χ3v) is 2.41. The molecule has 0 aliphatic rings. The van der Waals surface area contributed by atoms with E-state index in [1.54, 1.807) is 6.07 Å². The minimum Gasteiger partial charge on any atom is -0.374 e. The third kappa shape index (κ3) is 1.72. The quantitative estimate of drug-likeness (QED) is 0.586. The monoisotopic (exact) mass is 207 g/mol. The topological polar surface area (TPSA) is 53.4 Å². The van der Waals surface area contributed by atoms with Crippen LogP contribution in [0.1, 0.15) is 11.1 Å². The Morgan fingerprint density at radius 3 is 2.71 bits per heavy atom. The first-order valence-electron chi connectivity index (χ1n) is 4.15.